The van der Waals surface area contributed by atoms with E-state index in [1.165, 1.54) is 0 Å². The Morgan fingerprint density at radius 3 is 2.19 bits per heavy atom. The van der Waals surface area contributed by atoms with E-state index in [0.717, 1.165) is 24.5 Å². The van der Waals surface area contributed by atoms with Gasteiger partial charge in [0.2, 0.25) is 0 Å². The summed E-state index contributed by atoms with van der Waals surface area (Å²) in [6.07, 6.45) is 1.97. The molecule has 0 saturated carbocycles. The molecule has 1 rings (SSSR count). The van der Waals surface area contributed by atoms with Crippen molar-refractivity contribution in [2.45, 2.75) is 58.4 Å². The molecule has 92 valence electrons. The number of rotatable bonds is 3. The lowest BCUT2D eigenvalue weighted by Gasteiger charge is -2.22. The van der Waals surface area contributed by atoms with Crippen LogP contribution < -0.4 is 5.73 Å². The van der Waals surface area contributed by atoms with Gasteiger partial charge in [-0.05, 0) is 13.3 Å². The van der Waals surface area contributed by atoms with Gasteiger partial charge in [0.05, 0.1) is 5.54 Å². The summed E-state index contributed by atoms with van der Waals surface area (Å²) in [5, 5.41) is 4.46. The lowest BCUT2D eigenvalue weighted by Crippen LogP contribution is -2.36. The first kappa shape index (κ1) is 13.2. The monoisotopic (exact) mass is 224 g/mol. The first-order valence-corrected chi connectivity index (χ1v) is 5.89. The third-order valence-corrected chi connectivity index (χ3v) is 2.71. The molecule has 2 N–H and O–H groups in total. The zero-order valence-electron chi connectivity index (χ0n) is 11.3. The molecule has 1 unspecified atom stereocenters. The highest BCUT2D eigenvalue weighted by molar-refractivity contribution is 5.09. The van der Waals surface area contributed by atoms with Gasteiger partial charge in [-0.15, -0.1) is 0 Å². The van der Waals surface area contributed by atoms with Crippen LogP contribution in [-0.4, -0.2) is 14.8 Å². The van der Waals surface area contributed by atoms with Gasteiger partial charge in [0, 0.05) is 12.5 Å². The van der Waals surface area contributed by atoms with Crippen LogP contribution in [0, 0.1) is 0 Å². The van der Waals surface area contributed by atoms with Crippen molar-refractivity contribution >= 4 is 0 Å². The lowest BCUT2D eigenvalue weighted by atomic mass is 9.95. The smallest absolute Gasteiger partial charge is 0.156 e. The van der Waals surface area contributed by atoms with E-state index in [2.05, 4.69) is 37.8 Å². The molecule has 0 spiro atoms. The van der Waals surface area contributed by atoms with E-state index in [4.69, 9.17) is 5.73 Å². The number of aryl methyl sites for hydroxylation is 1. The van der Waals surface area contributed by atoms with E-state index < -0.39 is 0 Å². The zero-order chi connectivity index (χ0) is 12.6. The van der Waals surface area contributed by atoms with Gasteiger partial charge in [0.15, 0.2) is 5.82 Å². The van der Waals surface area contributed by atoms with Crippen molar-refractivity contribution in [2.24, 2.45) is 12.8 Å². The van der Waals surface area contributed by atoms with E-state index in [9.17, 15) is 0 Å². The molecule has 0 aliphatic carbocycles. The largest absolute Gasteiger partial charge is 0.319 e. The first-order valence-electron chi connectivity index (χ1n) is 5.89. The summed E-state index contributed by atoms with van der Waals surface area (Å²) in [6, 6.07) is 0. The van der Waals surface area contributed by atoms with Crippen molar-refractivity contribution in [3.8, 4) is 0 Å². The summed E-state index contributed by atoms with van der Waals surface area (Å²) in [7, 11) is 1.92. The van der Waals surface area contributed by atoms with Crippen LogP contribution in [0.3, 0.4) is 0 Å². The second kappa shape index (κ2) is 4.17. The lowest BCUT2D eigenvalue weighted by molar-refractivity contribution is 0.400. The highest BCUT2D eigenvalue weighted by Gasteiger charge is 2.29. The van der Waals surface area contributed by atoms with Crippen LogP contribution in [0.2, 0.25) is 0 Å². The summed E-state index contributed by atoms with van der Waals surface area (Å²) >= 11 is 0. The third kappa shape index (κ3) is 2.61. The van der Waals surface area contributed by atoms with Gasteiger partial charge >= 0.3 is 0 Å². The molecule has 1 heterocycles. The molecule has 16 heavy (non-hydrogen) atoms. The summed E-state index contributed by atoms with van der Waals surface area (Å²) in [4.78, 5) is 4.60. The molecule has 0 aliphatic heterocycles. The molecule has 4 nitrogen and oxygen atoms in total. The van der Waals surface area contributed by atoms with Crippen LogP contribution in [0.15, 0.2) is 0 Å². The standard InChI is InChI=1S/C12H24N4/c1-7-8-12(5,13)10-14-9(11(2,3)4)15-16(10)6/h7-8,13H2,1-6H3. The molecular formula is C12H24N4. The molecule has 0 saturated heterocycles. The van der Waals surface area contributed by atoms with Crippen molar-refractivity contribution < 1.29 is 0 Å². The van der Waals surface area contributed by atoms with Crippen molar-refractivity contribution in [1.82, 2.24) is 14.8 Å². The van der Waals surface area contributed by atoms with Gasteiger partial charge in [-0.1, -0.05) is 34.1 Å². The number of hydrogen-bond acceptors (Lipinski definition) is 3. The predicted octanol–water partition coefficient (Wildman–Crippen LogP) is 2.09. The van der Waals surface area contributed by atoms with Crippen LogP contribution in [0.1, 0.15) is 59.1 Å². The second-order valence-electron chi connectivity index (χ2n) is 5.80. The van der Waals surface area contributed by atoms with Crippen LogP contribution >= 0.6 is 0 Å². The van der Waals surface area contributed by atoms with Crippen LogP contribution in [0.4, 0.5) is 0 Å². The molecule has 0 amide bonds. The van der Waals surface area contributed by atoms with E-state index in [1.807, 2.05) is 18.7 Å². The minimum absolute atomic E-state index is 0.0295. The van der Waals surface area contributed by atoms with Crippen molar-refractivity contribution in [2.75, 3.05) is 0 Å². The number of nitrogens with two attached hydrogens (primary N) is 1. The maximum absolute atomic E-state index is 6.28. The van der Waals surface area contributed by atoms with Gasteiger partial charge in [-0.25, -0.2) is 4.98 Å². The summed E-state index contributed by atoms with van der Waals surface area (Å²) < 4.78 is 1.82. The van der Waals surface area contributed by atoms with Crippen LogP contribution in [0.5, 0.6) is 0 Å². The average Bonchev–Trinajstić information content (AvgIpc) is 2.46. The molecule has 0 aromatic carbocycles. The molecule has 1 atom stereocenters. The molecule has 0 radical (unpaired) electrons. The fourth-order valence-electron chi connectivity index (χ4n) is 1.83. The van der Waals surface area contributed by atoms with Gasteiger partial charge in [-0.3, -0.25) is 4.68 Å². The highest BCUT2D eigenvalue weighted by atomic mass is 15.3. The SMILES string of the molecule is CCCC(C)(N)c1nc(C(C)(C)C)nn1C. The zero-order valence-corrected chi connectivity index (χ0v) is 11.3. The molecule has 0 fully saturated rings. The van der Waals surface area contributed by atoms with Gasteiger partial charge in [0.25, 0.3) is 0 Å². The predicted molar refractivity (Wildman–Crippen MR) is 66.2 cm³/mol. The number of aromatic nitrogens is 3. The van der Waals surface area contributed by atoms with Crippen LogP contribution in [0.25, 0.3) is 0 Å². The molecule has 0 aliphatic rings. The van der Waals surface area contributed by atoms with E-state index in [1.54, 1.807) is 0 Å². The highest BCUT2D eigenvalue weighted by Crippen LogP contribution is 2.24. The Morgan fingerprint density at radius 2 is 1.81 bits per heavy atom. The average molecular weight is 224 g/mol. The summed E-state index contributed by atoms with van der Waals surface area (Å²) in [5.41, 5.74) is 5.86. The Balaban J connectivity index is 3.12. The Kier molecular flexibility index (Phi) is 3.43. The molecule has 1 aromatic rings. The van der Waals surface area contributed by atoms with E-state index in [-0.39, 0.29) is 11.0 Å². The maximum Gasteiger partial charge on any atom is 0.156 e. The second-order valence-corrected chi connectivity index (χ2v) is 5.80. The Bertz CT molecular complexity index is 358. The minimum Gasteiger partial charge on any atom is -0.319 e. The Hall–Kier alpha value is -0.900. The van der Waals surface area contributed by atoms with Crippen LogP contribution in [-0.2, 0) is 18.0 Å². The summed E-state index contributed by atoms with van der Waals surface area (Å²) in [5.74, 6) is 1.73. The van der Waals surface area contributed by atoms with Crippen molar-refractivity contribution in [3.63, 3.8) is 0 Å². The fraction of sp³-hybridized carbons (Fsp3) is 0.833. The quantitative estimate of drug-likeness (QED) is 0.855. The Morgan fingerprint density at radius 1 is 1.25 bits per heavy atom. The van der Waals surface area contributed by atoms with Crippen molar-refractivity contribution in [3.05, 3.63) is 11.6 Å². The van der Waals surface area contributed by atoms with E-state index in [0.29, 0.717) is 0 Å². The Labute approximate surface area is 98.2 Å². The van der Waals surface area contributed by atoms with Gasteiger partial charge in [0.1, 0.15) is 5.82 Å². The fourth-order valence-corrected chi connectivity index (χ4v) is 1.83. The molecule has 0 bridgehead atoms. The van der Waals surface area contributed by atoms with E-state index >= 15 is 0 Å². The normalized spacial score (nSPS) is 16.2. The third-order valence-electron chi connectivity index (χ3n) is 2.71. The maximum atomic E-state index is 6.28. The van der Waals surface area contributed by atoms with Gasteiger partial charge in [-0.2, -0.15) is 5.10 Å². The minimum atomic E-state index is -0.389. The molecule has 4 heteroatoms. The number of nitrogens with zero attached hydrogens (tertiary/aromatic N) is 3. The molecule has 1 aromatic heterocycles. The molecular weight excluding hydrogens is 200 g/mol. The summed E-state index contributed by atoms with van der Waals surface area (Å²) in [6.45, 7) is 10.5. The van der Waals surface area contributed by atoms with Gasteiger partial charge < -0.3 is 5.73 Å². The topological polar surface area (TPSA) is 56.7 Å². The first-order chi connectivity index (χ1) is 7.18. The number of hydrogen-bond donors (Lipinski definition) is 1. The van der Waals surface area contributed by atoms with Crippen molar-refractivity contribution in [1.29, 1.82) is 0 Å².